The van der Waals surface area contributed by atoms with Crippen molar-refractivity contribution in [3.63, 3.8) is 0 Å². The number of phenolic OH excluding ortho intramolecular Hbond substituents is 1. The highest BCUT2D eigenvalue weighted by Gasteiger charge is 2.10. The predicted molar refractivity (Wildman–Crippen MR) is 90.5 cm³/mol. The molecule has 0 unspecified atom stereocenters. The molecule has 0 spiro atoms. The maximum atomic E-state index is 12.0. The fourth-order valence-corrected chi connectivity index (χ4v) is 2.26. The summed E-state index contributed by atoms with van der Waals surface area (Å²) in [5, 5.41) is 14.2. The Morgan fingerprint density at radius 1 is 1.39 bits per heavy atom. The van der Waals surface area contributed by atoms with Gasteiger partial charge in [-0.25, -0.2) is 5.43 Å². The largest absolute Gasteiger partial charge is 0.504 e. The van der Waals surface area contributed by atoms with E-state index in [1.54, 1.807) is 36.4 Å². The molecule has 23 heavy (non-hydrogen) atoms. The van der Waals surface area contributed by atoms with Crippen molar-refractivity contribution in [2.24, 2.45) is 5.10 Å². The molecule has 0 saturated carbocycles. The summed E-state index contributed by atoms with van der Waals surface area (Å²) < 4.78 is 5.28. The SMILES string of the molecule is CCOc1cccc(/C=N/NC(=O)c2ccc(C)cc2Cl)c1O. The molecule has 0 saturated heterocycles. The first-order chi connectivity index (χ1) is 11.0. The van der Waals surface area contributed by atoms with Crippen molar-refractivity contribution in [2.45, 2.75) is 13.8 Å². The Hall–Kier alpha value is -2.53. The van der Waals surface area contributed by atoms with Crippen LogP contribution in [0.15, 0.2) is 41.5 Å². The molecule has 0 heterocycles. The normalized spacial score (nSPS) is 10.7. The lowest BCUT2D eigenvalue weighted by Crippen LogP contribution is -2.18. The van der Waals surface area contributed by atoms with Gasteiger partial charge in [0.05, 0.1) is 23.4 Å². The molecule has 2 aromatic carbocycles. The number of amides is 1. The number of nitrogens with one attached hydrogen (secondary N) is 1. The summed E-state index contributed by atoms with van der Waals surface area (Å²) in [5.41, 5.74) is 4.12. The zero-order chi connectivity index (χ0) is 16.8. The standard InChI is InChI=1S/C17H17ClN2O3/c1-3-23-15-6-4-5-12(16(15)21)10-19-20-17(22)13-8-7-11(2)9-14(13)18/h4-10,21H,3H2,1-2H3,(H,20,22)/b19-10+. The van der Waals surface area contributed by atoms with Crippen LogP contribution in [-0.4, -0.2) is 23.8 Å². The average molecular weight is 333 g/mol. The molecule has 0 bridgehead atoms. The Morgan fingerprint density at radius 2 is 2.17 bits per heavy atom. The van der Waals surface area contributed by atoms with Crippen molar-refractivity contribution < 1.29 is 14.6 Å². The van der Waals surface area contributed by atoms with E-state index in [2.05, 4.69) is 10.5 Å². The number of para-hydroxylation sites is 1. The highest BCUT2D eigenvalue weighted by Crippen LogP contribution is 2.28. The Bertz CT molecular complexity index is 745. The number of aromatic hydroxyl groups is 1. The molecule has 0 atom stereocenters. The Kier molecular flexibility index (Phi) is 5.60. The maximum Gasteiger partial charge on any atom is 0.272 e. The average Bonchev–Trinajstić information content (AvgIpc) is 2.51. The summed E-state index contributed by atoms with van der Waals surface area (Å²) in [6.45, 7) is 4.16. The van der Waals surface area contributed by atoms with Crippen LogP contribution in [0.1, 0.15) is 28.4 Å². The second-order valence-corrected chi connectivity index (χ2v) is 5.22. The van der Waals surface area contributed by atoms with Crippen LogP contribution in [0.5, 0.6) is 11.5 Å². The number of halogens is 1. The van der Waals surface area contributed by atoms with Crippen LogP contribution in [0.2, 0.25) is 5.02 Å². The van der Waals surface area contributed by atoms with E-state index < -0.39 is 5.91 Å². The molecule has 0 radical (unpaired) electrons. The molecule has 120 valence electrons. The minimum Gasteiger partial charge on any atom is -0.504 e. The second-order valence-electron chi connectivity index (χ2n) is 4.81. The fourth-order valence-electron chi connectivity index (χ4n) is 1.94. The third-order valence-corrected chi connectivity index (χ3v) is 3.38. The predicted octanol–water partition coefficient (Wildman–Crippen LogP) is 3.52. The van der Waals surface area contributed by atoms with E-state index >= 15 is 0 Å². The van der Waals surface area contributed by atoms with Crippen molar-refractivity contribution in [1.29, 1.82) is 0 Å². The summed E-state index contributed by atoms with van der Waals surface area (Å²) in [6, 6.07) is 10.2. The van der Waals surface area contributed by atoms with Gasteiger partial charge in [0.15, 0.2) is 11.5 Å². The number of rotatable bonds is 5. The van der Waals surface area contributed by atoms with Crippen LogP contribution in [0, 0.1) is 6.92 Å². The first-order valence-corrected chi connectivity index (χ1v) is 7.45. The fraction of sp³-hybridized carbons (Fsp3) is 0.176. The second kappa shape index (κ2) is 7.65. The van der Waals surface area contributed by atoms with Crippen molar-refractivity contribution in [2.75, 3.05) is 6.61 Å². The molecular weight excluding hydrogens is 316 g/mol. The van der Waals surface area contributed by atoms with Gasteiger partial charge in [0.25, 0.3) is 5.91 Å². The number of ether oxygens (including phenoxy) is 1. The third-order valence-electron chi connectivity index (χ3n) is 3.07. The number of hydrazone groups is 1. The van der Waals surface area contributed by atoms with Gasteiger partial charge < -0.3 is 9.84 Å². The molecule has 0 aliphatic carbocycles. The van der Waals surface area contributed by atoms with E-state index in [9.17, 15) is 9.90 Å². The number of nitrogens with zero attached hydrogens (tertiary/aromatic N) is 1. The zero-order valence-electron chi connectivity index (χ0n) is 12.8. The van der Waals surface area contributed by atoms with E-state index in [0.717, 1.165) is 5.56 Å². The van der Waals surface area contributed by atoms with E-state index in [4.69, 9.17) is 16.3 Å². The summed E-state index contributed by atoms with van der Waals surface area (Å²) in [5.74, 6) is -0.0863. The van der Waals surface area contributed by atoms with E-state index in [-0.39, 0.29) is 5.75 Å². The van der Waals surface area contributed by atoms with Gasteiger partial charge in [-0.1, -0.05) is 23.7 Å². The Morgan fingerprint density at radius 3 is 2.87 bits per heavy atom. The van der Waals surface area contributed by atoms with Crippen molar-refractivity contribution in [1.82, 2.24) is 5.43 Å². The molecule has 2 N–H and O–H groups in total. The smallest absolute Gasteiger partial charge is 0.272 e. The summed E-state index contributed by atoms with van der Waals surface area (Å²) in [6.07, 6.45) is 1.35. The first-order valence-electron chi connectivity index (χ1n) is 7.07. The monoisotopic (exact) mass is 332 g/mol. The minimum absolute atomic E-state index is 0.0271. The van der Waals surface area contributed by atoms with Crippen LogP contribution in [-0.2, 0) is 0 Å². The van der Waals surface area contributed by atoms with Crippen LogP contribution < -0.4 is 10.2 Å². The van der Waals surface area contributed by atoms with Gasteiger partial charge in [-0.15, -0.1) is 0 Å². The number of aryl methyl sites for hydroxylation is 1. The molecule has 2 aromatic rings. The molecular formula is C17H17ClN2O3. The number of carbonyl (C=O) groups is 1. The summed E-state index contributed by atoms with van der Waals surface area (Å²) >= 11 is 6.03. The van der Waals surface area contributed by atoms with E-state index in [1.165, 1.54) is 6.21 Å². The van der Waals surface area contributed by atoms with Gasteiger partial charge in [-0.3, -0.25) is 4.79 Å². The number of hydrogen-bond acceptors (Lipinski definition) is 4. The quantitative estimate of drug-likeness (QED) is 0.650. The Balaban J connectivity index is 2.10. The van der Waals surface area contributed by atoms with E-state index in [0.29, 0.717) is 28.5 Å². The molecule has 0 aliphatic rings. The molecule has 2 rings (SSSR count). The number of benzene rings is 2. The van der Waals surface area contributed by atoms with Gasteiger partial charge in [0.2, 0.25) is 0 Å². The molecule has 0 aromatic heterocycles. The van der Waals surface area contributed by atoms with Crippen molar-refractivity contribution >= 4 is 23.7 Å². The lowest BCUT2D eigenvalue weighted by Gasteiger charge is -2.07. The van der Waals surface area contributed by atoms with Gasteiger partial charge in [-0.05, 0) is 43.7 Å². The highest BCUT2D eigenvalue weighted by molar-refractivity contribution is 6.33. The van der Waals surface area contributed by atoms with Gasteiger partial charge >= 0.3 is 0 Å². The third kappa shape index (κ3) is 4.23. The highest BCUT2D eigenvalue weighted by atomic mass is 35.5. The molecule has 5 nitrogen and oxygen atoms in total. The molecule has 6 heteroatoms. The van der Waals surface area contributed by atoms with Gasteiger partial charge in [0, 0.05) is 5.56 Å². The molecule has 0 aliphatic heterocycles. The Labute approximate surface area is 139 Å². The summed E-state index contributed by atoms with van der Waals surface area (Å²) in [7, 11) is 0. The van der Waals surface area contributed by atoms with Crippen LogP contribution >= 0.6 is 11.6 Å². The first kappa shape index (κ1) is 16.8. The molecule has 1 amide bonds. The lowest BCUT2D eigenvalue weighted by molar-refractivity contribution is 0.0955. The topological polar surface area (TPSA) is 70.9 Å². The number of phenols is 1. The lowest BCUT2D eigenvalue weighted by atomic mass is 10.1. The van der Waals surface area contributed by atoms with Crippen molar-refractivity contribution in [3.05, 3.63) is 58.1 Å². The van der Waals surface area contributed by atoms with Crippen LogP contribution in [0.4, 0.5) is 0 Å². The zero-order valence-corrected chi connectivity index (χ0v) is 13.6. The van der Waals surface area contributed by atoms with Gasteiger partial charge in [-0.2, -0.15) is 5.10 Å². The van der Waals surface area contributed by atoms with Crippen molar-refractivity contribution in [3.8, 4) is 11.5 Å². The number of carbonyl (C=O) groups excluding carboxylic acids is 1. The maximum absolute atomic E-state index is 12.0. The van der Waals surface area contributed by atoms with E-state index in [1.807, 2.05) is 13.8 Å². The molecule has 0 fully saturated rings. The summed E-state index contributed by atoms with van der Waals surface area (Å²) in [4.78, 5) is 12.0. The van der Waals surface area contributed by atoms with Crippen LogP contribution in [0.25, 0.3) is 0 Å². The van der Waals surface area contributed by atoms with Crippen LogP contribution in [0.3, 0.4) is 0 Å². The minimum atomic E-state index is -0.424. The van der Waals surface area contributed by atoms with Gasteiger partial charge in [0.1, 0.15) is 0 Å². The number of hydrogen-bond donors (Lipinski definition) is 2.